The molecule has 0 saturated carbocycles. The van der Waals surface area contributed by atoms with E-state index in [9.17, 15) is 4.39 Å². The maximum absolute atomic E-state index is 13.1. The topological polar surface area (TPSA) is 70.9 Å². The number of nitrogens with two attached hydrogens (primary N) is 1. The number of hydrogen-bond donors (Lipinski definition) is 1. The van der Waals surface area contributed by atoms with Crippen molar-refractivity contribution in [3.8, 4) is 11.5 Å². The minimum absolute atomic E-state index is 0.220. The fourth-order valence-corrected chi connectivity index (χ4v) is 3.32. The first-order chi connectivity index (χ1) is 14.1. The van der Waals surface area contributed by atoms with Crippen LogP contribution in [0.25, 0.3) is 11.5 Å². The molecule has 0 radical (unpaired) electrons. The molecule has 1 aliphatic heterocycles. The lowest BCUT2D eigenvalue weighted by atomic mass is 10.1. The van der Waals surface area contributed by atoms with Gasteiger partial charge in [-0.1, -0.05) is 17.7 Å². The van der Waals surface area contributed by atoms with E-state index in [0.717, 1.165) is 43.1 Å². The summed E-state index contributed by atoms with van der Waals surface area (Å²) in [4.78, 5) is 13.3. The molecule has 1 aliphatic rings. The molecule has 0 bridgehead atoms. The molecular weight excluding hydrogens is 369 g/mol. The van der Waals surface area contributed by atoms with Crippen molar-refractivity contribution in [2.24, 2.45) is 10.7 Å². The standard InChI is InChI=1S/C22H24FN5O/c1-16-2-4-17(5-3-16)21-26-19(15-29-21)14-25-22(24)28-12-10-27(11-13-28)20-8-6-18(23)7-9-20/h2-9,15H,10-14H2,1H3,(H2,24,25). The molecule has 3 aromatic rings. The first-order valence-corrected chi connectivity index (χ1v) is 9.65. The van der Waals surface area contributed by atoms with Gasteiger partial charge in [0.1, 0.15) is 17.8 Å². The van der Waals surface area contributed by atoms with Gasteiger partial charge in [0.25, 0.3) is 0 Å². The van der Waals surface area contributed by atoms with Crippen LogP contribution in [0.1, 0.15) is 11.3 Å². The molecule has 150 valence electrons. The molecule has 0 spiro atoms. The van der Waals surface area contributed by atoms with Gasteiger partial charge in [0.2, 0.25) is 5.89 Å². The van der Waals surface area contributed by atoms with Crippen molar-refractivity contribution in [3.63, 3.8) is 0 Å². The van der Waals surface area contributed by atoms with Crippen LogP contribution in [0.3, 0.4) is 0 Å². The second-order valence-electron chi connectivity index (χ2n) is 7.13. The quantitative estimate of drug-likeness (QED) is 0.543. The highest BCUT2D eigenvalue weighted by atomic mass is 19.1. The zero-order valence-electron chi connectivity index (χ0n) is 16.4. The summed E-state index contributed by atoms with van der Waals surface area (Å²) in [6, 6.07) is 14.6. The molecule has 2 heterocycles. The lowest BCUT2D eigenvalue weighted by Gasteiger charge is -2.36. The van der Waals surface area contributed by atoms with Crippen LogP contribution in [0.15, 0.2) is 64.2 Å². The van der Waals surface area contributed by atoms with Crippen molar-refractivity contribution in [3.05, 3.63) is 71.9 Å². The van der Waals surface area contributed by atoms with E-state index in [-0.39, 0.29) is 5.82 Å². The Morgan fingerprint density at radius 3 is 2.45 bits per heavy atom. The number of benzene rings is 2. The number of halogens is 1. The number of nitrogens with zero attached hydrogens (tertiary/aromatic N) is 4. The van der Waals surface area contributed by atoms with Crippen molar-refractivity contribution in [2.45, 2.75) is 13.5 Å². The van der Waals surface area contributed by atoms with Crippen LogP contribution in [0.4, 0.5) is 10.1 Å². The van der Waals surface area contributed by atoms with Gasteiger partial charge in [0.05, 0.1) is 6.54 Å². The van der Waals surface area contributed by atoms with E-state index in [4.69, 9.17) is 10.2 Å². The van der Waals surface area contributed by atoms with Crippen molar-refractivity contribution in [2.75, 3.05) is 31.1 Å². The minimum atomic E-state index is -0.220. The van der Waals surface area contributed by atoms with Crippen molar-refractivity contribution in [1.82, 2.24) is 9.88 Å². The molecule has 0 amide bonds. The Kier molecular flexibility index (Phi) is 5.46. The summed E-state index contributed by atoms with van der Waals surface area (Å²) in [5.74, 6) is 0.868. The number of aliphatic imine (C=N–C) groups is 1. The van der Waals surface area contributed by atoms with Gasteiger partial charge in [-0.05, 0) is 43.3 Å². The molecule has 29 heavy (non-hydrogen) atoms. The molecule has 7 heteroatoms. The molecule has 1 fully saturated rings. The van der Waals surface area contributed by atoms with Crippen LogP contribution in [0.2, 0.25) is 0 Å². The maximum atomic E-state index is 13.1. The summed E-state index contributed by atoms with van der Waals surface area (Å²) >= 11 is 0. The van der Waals surface area contributed by atoms with Crippen LogP contribution in [0.5, 0.6) is 0 Å². The van der Waals surface area contributed by atoms with Gasteiger partial charge >= 0.3 is 0 Å². The second kappa shape index (κ2) is 8.34. The summed E-state index contributed by atoms with van der Waals surface area (Å²) < 4.78 is 18.7. The van der Waals surface area contributed by atoms with Gasteiger partial charge in [-0.3, -0.25) is 0 Å². The molecule has 0 atom stereocenters. The Hall–Kier alpha value is -3.35. The molecule has 1 saturated heterocycles. The Morgan fingerprint density at radius 1 is 1.07 bits per heavy atom. The van der Waals surface area contributed by atoms with E-state index in [0.29, 0.717) is 18.4 Å². The molecule has 1 aromatic heterocycles. The summed E-state index contributed by atoms with van der Waals surface area (Å²) in [5.41, 5.74) is 10.1. The van der Waals surface area contributed by atoms with Gasteiger partial charge in [-0.15, -0.1) is 0 Å². The van der Waals surface area contributed by atoms with Crippen LogP contribution in [0, 0.1) is 12.7 Å². The number of hydrogen-bond acceptors (Lipinski definition) is 4. The van der Waals surface area contributed by atoms with Crippen LogP contribution < -0.4 is 10.6 Å². The Labute approximate surface area is 169 Å². The third-order valence-corrected chi connectivity index (χ3v) is 5.05. The summed E-state index contributed by atoms with van der Waals surface area (Å²) in [7, 11) is 0. The van der Waals surface area contributed by atoms with Gasteiger partial charge in [-0.25, -0.2) is 14.4 Å². The predicted molar refractivity (Wildman–Crippen MR) is 112 cm³/mol. The van der Waals surface area contributed by atoms with Crippen molar-refractivity contribution < 1.29 is 8.81 Å². The third kappa shape index (κ3) is 4.56. The number of oxazole rings is 1. The summed E-state index contributed by atoms with van der Waals surface area (Å²) in [5, 5.41) is 0. The Balaban J connectivity index is 1.33. The number of aromatic nitrogens is 1. The van der Waals surface area contributed by atoms with Crippen LogP contribution >= 0.6 is 0 Å². The fourth-order valence-electron chi connectivity index (χ4n) is 3.32. The highest BCUT2D eigenvalue weighted by Gasteiger charge is 2.18. The molecule has 6 nitrogen and oxygen atoms in total. The smallest absolute Gasteiger partial charge is 0.226 e. The van der Waals surface area contributed by atoms with E-state index in [1.807, 2.05) is 31.2 Å². The average molecular weight is 393 g/mol. The van der Waals surface area contributed by atoms with Gasteiger partial charge in [0, 0.05) is 37.4 Å². The Bertz CT molecular complexity index is 973. The third-order valence-electron chi connectivity index (χ3n) is 5.05. The van der Waals surface area contributed by atoms with Gasteiger partial charge in [-0.2, -0.15) is 0 Å². The zero-order chi connectivity index (χ0) is 20.2. The first kappa shape index (κ1) is 19.0. The van der Waals surface area contributed by atoms with E-state index in [1.165, 1.54) is 17.7 Å². The van der Waals surface area contributed by atoms with Gasteiger partial charge < -0.3 is 20.0 Å². The first-order valence-electron chi connectivity index (χ1n) is 9.65. The fraction of sp³-hybridized carbons (Fsp3) is 0.273. The molecule has 0 aliphatic carbocycles. The number of aryl methyl sites for hydroxylation is 1. The zero-order valence-corrected chi connectivity index (χ0v) is 16.4. The van der Waals surface area contributed by atoms with E-state index in [1.54, 1.807) is 18.4 Å². The number of piperazine rings is 1. The van der Waals surface area contributed by atoms with Crippen LogP contribution in [-0.4, -0.2) is 42.0 Å². The number of rotatable bonds is 4. The largest absolute Gasteiger partial charge is 0.444 e. The summed E-state index contributed by atoms with van der Waals surface area (Å²) in [6.45, 7) is 5.56. The molecule has 4 rings (SSSR count). The minimum Gasteiger partial charge on any atom is -0.444 e. The van der Waals surface area contributed by atoms with Crippen molar-refractivity contribution in [1.29, 1.82) is 0 Å². The van der Waals surface area contributed by atoms with E-state index < -0.39 is 0 Å². The van der Waals surface area contributed by atoms with Gasteiger partial charge in [0.15, 0.2) is 5.96 Å². The normalized spacial score (nSPS) is 15.0. The monoisotopic (exact) mass is 393 g/mol. The summed E-state index contributed by atoms with van der Waals surface area (Å²) in [6.07, 6.45) is 1.62. The molecular formula is C22H24FN5O. The number of anilines is 1. The Morgan fingerprint density at radius 2 is 1.76 bits per heavy atom. The lowest BCUT2D eigenvalue weighted by Crippen LogP contribution is -2.51. The highest BCUT2D eigenvalue weighted by molar-refractivity contribution is 5.78. The highest BCUT2D eigenvalue weighted by Crippen LogP contribution is 2.20. The van der Waals surface area contributed by atoms with Crippen LogP contribution in [-0.2, 0) is 6.54 Å². The molecule has 2 aromatic carbocycles. The second-order valence-corrected chi connectivity index (χ2v) is 7.13. The van der Waals surface area contributed by atoms with Crippen molar-refractivity contribution >= 4 is 11.6 Å². The lowest BCUT2D eigenvalue weighted by molar-refractivity contribution is 0.380. The van der Waals surface area contributed by atoms with E-state index >= 15 is 0 Å². The SMILES string of the molecule is Cc1ccc(-c2nc(CN=C(N)N3CCN(c4ccc(F)cc4)CC3)co2)cc1. The molecule has 0 unspecified atom stereocenters. The predicted octanol–water partition coefficient (Wildman–Crippen LogP) is 3.43. The average Bonchev–Trinajstić information content (AvgIpc) is 3.22. The maximum Gasteiger partial charge on any atom is 0.226 e. The van der Waals surface area contributed by atoms with E-state index in [2.05, 4.69) is 19.8 Å². The number of guanidine groups is 1. The molecule has 2 N–H and O–H groups in total.